The van der Waals surface area contributed by atoms with Gasteiger partial charge in [-0.05, 0) is 13.0 Å². The summed E-state index contributed by atoms with van der Waals surface area (Å²) in [6, 6.07) is 6.13. The number of thiazole rings is 1. The zero-order valence-electron chi connectivity index (χ0n) is 10.1. The van der Waals surface area contributed by atoms with Gasteiger partial charge in [0.1, 0.15) is 10.7 Å². The van der Waals surface area contributed by atoms with Crippen molar-refractivity contribution in [3.63, 3.8) is 0 Å². The molecular formula is C12H11FN4OS. The number of aryl methyl sites for hydroxylation is 1. The van der Waals surface area contributed by atoms with Crippen molar-refractivity contribution in [2.24, 2.45) is 5.10 Å². The number of carbonyl (C=O) groups excluding carboxylic acids is 1. The zero-order chi connectivity index (χ0) is 13.8. The summed E-state index contributed by atoms with van der Waals surface area (Å²) in [4.78, 5) is 16.1. The molecule has 0 unspecified atom stereocenters. The zero-order valence-corrected chi connectivity index (χ0v) is 10.9. The molecule has 0 atom stereocenters. The number of nitrogen functional groups attached to an aromatic ring is 1. The first-order valence-electron chi connectivity index (χ1n) is 5.39. The molecule has 1 heterocycles. The molecule has 2 aromatic rings. The number of nitrogens with one attached hydrogen (secondary N) is 1. The third kappa shape index (κ3) is 3.14. The Bertz CT molecular complexity index is 638. The lowest BCUT2D eigenvalue weighted by molar-refractivity contribution is 0.0958. The summed E-state index contributed by atoms with van der Waals surface area (Å²) in [6.45, 7) is 1.68. The molecule has 7 heteroatoms. The van der Waals surface area contributed by atoms with Gasteiger partial charge in [-0.15, -0.1) is 0 Å². The van der Waals surface area contributed by atoms with E-state index >= 15 is 0 Å². The fourth-order valence-corrected chi connectivity index (χ4v) is 2.14. The predicted molar refractivity (Wildman–Crippen MR) is 72.7 cm³/mol. The van der Waals surface area contributed by atoms with Gasteiger partial charge >= 0.3 is 0 Å². The Morgan fingerprint density at radius 2 is 2.26 bits per heavy atom. The number of carbonyl (C=O) groups is 1. The van der Waals surface area contributed by atoms with Crippen LogP contribution in [0, 0.1) is 12.7 Å². The Labute approximate surface area is 113 Å². The molecule has 0 saturated heterocycles. The number of hydrazone groups is 1. The van der Waals surface area contributed by atoms with E-state index < -0.39 is 11.7 Å². The topological polar surface area (TPSA) is 80.4 Å². The van der Waals surface area contributed by atoms with E-state index in [-0.39, 0.29) is 0 Å². The Morgan fingerprint density at radius 1 is 1.53 bits per heavy atom. The standard InChI is InChI=1S/C12H11FN4OS/c1-7-10(19-12(14)16-7)11(18)17-15-6-8-4-2-3-5-9(8)13/h2-6H,1H3,(H2,14,16)(H,17,18). The van der Waals surface area contributed by atoms with Gasteiger partial charge in [-0.3, -0.25) is 4.79 Å². The molecule has 0 spiro atoms. The number of nitrogens with two attached hydrogens (primary N) is 1. The van der Waals surface area contributed by atoms with E-state index in [9.17, 15) is 9.18 Å². The van der Waals surface area contributed by atoms with Crippen LogP contribution in [0.1, 0.15) is 20.9 Å². The van der Waals surface area contributed by atoms with Gasteiger partial charge in [0.2, 0.25) is 0 Å². The number of halogens is 1. The second-order valence-corrected chi connectivity index (χ2v) is 4.72. The minimum Gasteiger partial charge on any atom is -0.375 e. The van der Waals surface area contributed by atoms with Crippen LogP contribution in [0.4, 0.5) is 9.52 Å². The van der Waals surface area contributed by atoms with E-state index in [0.29, 0.717) is 21.3 Å². The van der Waals surface area contributed by atoms with E-state index in [1.807, 2.05) is 0 Å². The molecule has 1 aromatic heterocycles. The number of nitrogens with zero attached hydrogens (tertiary/aromatic N) is 2. The van der Waals surface area contributed by atoms with Crippen LogP contribution in [0.25, 0.3) is 0 Å². The first-order valence-corrected chi connectivity index (χ1v) is 6.20. The molecule has 1 aromatic carbocycles. The molecule has 0 saturated carbocycles. The van der Waals surface area contributed by atoms with Crippen LogP contribution >= 0.6 is 11.3 Å². The highest BCUT2D eigenvalue weighted by Crippen LogP contribution is 2.19. The molecule has 0 aliphatic heterocycles. The third-order valence-electron chi connectivity index (χ3n) is 2.29. The van der Waals surface area contributed by atoms with Crippen LogP contribution in [0.3, 0.4) is 0 Å². The first-order chi connectivity index (χ1) is 9.08. The highest BCUT2D eigenvalue weighted by molar-refractivity contribution is 7.17. The second kappa shape index (κ2) is 5.57. The molecule has 0 radical (unpaired) electrons. The van der Waals surface area contributed by atoms with Crippen molar-refractivity contribution in [2.75, 3.05) is 5.73 Å². The van der Waals surface area contributed by atoms with Crippen molar-refractivity contribution in [3.8, 4) is 0 Å². The molecule has 0 bridgehead atoms. The second-order valence-electron chi connectivity index (χ2n) is 3.69. The molecule has 2 rings (SSSR count). The van der Waals surface area contributed by atoms with E-state index in [2.05, 4.69) is 15.5 Å². The third-order valence-corrected chi connectivity index (χ3v) is 3.28. The van der Waals surface area contributed by atoms with Crippen molar-refractivity contribution in [3.05, 3.63) is 46.2 Å². The smallest absolute Gasteiger partial charge is 0.283 e. The van der Waals surface area contributed by atoms with Crippen molar-refractivity contribution < 1.29 is 9.18 Å². The molecule has 3 N–H and O–H groups in total. The SMILES string of the molecule is Cc1nc(N)sc1C(=O)NN=Cc1ccccc1F. The number of benzene rings is 1. The number of amides is 1. The number of hydrogen-bond donors (Lipinski definition) is 2. The summed E-state index contributed by atoms with van der Waals surface area (Å²) in [5.74, 6) is -0.821. The van der Waals surface area contributed by atoms with Crippen LogP contribution in [-0.2, 0) is 0 Å². The van der Waals surface area contributed by atoms with Gasteiger partial charge in [-0.1, -0.05) is 29.5 Å². The molecular weight excluding hydrogens is 267 g/mol. The normalized spacial score (nSPS) is 10.8. The maximum absolute atomic E-state index is 13.3. The highest BCUT2D eigenvalue weighted by Gasteiger charge is 2.13. The number of anilines is 1. The molecule has 19 heavy (non-hydrogen) atoms. The predicted octanol–water partition coefficient (Wildman–Crippen LogP) is 1.94. The average Bonchev–Trinajstić information content (AvgIpc) is 2.71. The van der Waals surface area contributed by atoms with Crippen LogP contribution < -0.4 is 11.2 Å². The van der Waals surface area contributed by atoms with Crippen molar-refractivity contribution >= 4 is 28.6 Å². The summed E-state index contributed by atoms with van der Waals surface area (Å²) >= 11 is 1.08. The van der Waals surface area contributed by atoms with Crippen LogP contribution in [0.2, 0.25) is 0 Å². The number of rotatable bonds is 3. The maximum atomic E-state index is 13.3. The lowest BCUT2D eigenvalue weighted by atomic mass is 10.2. The van der Waals surface area contributed by atoms with Gasteiger partial charge in [0.05, 0.1) is 11.9 Å². The fourth-order valence-electron chi connectivity index (χ4n) is 1.42. The number of hydrogen-bond acceptors (Lipinski definition) is 5. The van der Waals surface area contributed by atoms with Crippen LogP contribution in [-0.4, -0.2) is 17.1 Å². The Hall–Kier alpha value is -2.28. The largest absolute Gasteiger partial charge is 0.375 e. The Balaban J connectivity index is 2.05. The van der Waals surface area contributed by atoms with Gasteiger partial charge in [0.25, 0.3) is 5.91 Å². The summed E-state index contributed by atoms with van der Waals surface area (Å²) in [7, 11) is 0. The molecule has 5 nitrogen and oxygen atoms in total. The average molecular weight is 278 g/mol. The molecule has 0 aliphatic rings. The minimum absolute atomic E-state index is 0.295. The highest BCUT2D eigenvalue weighted by atomic mass is 32.1. The van der Waals surface area contributed by atoms with E-state index in [1.165, 1.54) is 12.3 Å². The van der Waals surface area contributed by atoms with Gasteiger partial charge in [0, 0.05) is 5.56 Å². The van der Waals surface area contributed by atoms with Gasteiger partial charge < -0.3 is 5.73 Å². The monoisotopic (exact) mass is 278 g/mol. The van der Waals surface area contributed by atoms with E-state index in [0.717, 1.165) is 11.3 Å². The molecule has 0 fully saturated rings. The molecule has 1 amide bonds. The number of aromatic nitrogens is 1. The van der Waals surface area contributed by atoms with Crippen LogP contribution in [0.15, 0.2) is 29.4 Å². The van der Waals surface area contributed by atoms with Crippen molar-refractivity contribution in [1.29, 1.82) is 0 Å². The Kier molecular flexibility index (Phi) is 3.86. The molecule has 0 aliphatic carbocycles. The fraction of sp³-hybridized carbons (Fsp3) is 0.0833. The maximum Gasteiger partial charge on any atom is 0.283 e. The summed E-state index contributed by atoms with van der Waals surface area (Å²) in [5.41, 5.74) is 8.64. The first kappa shape index (κ1) is 13.2. The van der Waals surface area contributed by atoms with Gasteiger partial charge in [0.15, 0.2) is 5.13 Å². The summed E-state index contributed by atoms with van der Waals surface area (Å²) < 4.78 is 13.3. The summed E-state index contributed by atoms with van der Waals surface area (Å²) in [5, 5.41) is 4.02. The van der Waals surface area contributed by atoms with E-state index in [1.54, 1.807) is 25.1 Å². The van der Waals surface area contributed by atoms with Crippen molar-refractivity contribution in [2.45, 2.75) is 6.92 Å². The molecule has 98 valence electrons. The van der Waals surface area contributed by atoms with Gasteiger partial charge in [-0.2, -0.15) is 5.10 Å². The lowest BCUT2D eigenvalue weighted by Gasteiger charge is -1.97. The lowest BCUT2D eigenvalue weighted by Crippen LogP contribution is -2.17. The Morgan fingerprint density at radius 3 is 2.89 bits per heavy atom. The van der Waals surface area contributed by atoms with E-state index in [4.69, 9.17) is 5.73 Å². The minimum atomic E-state index is -0.417. The summed E-state index contributed by atoms with van der Waals surface area (Å²) in [6.07, 6.45) is 1.24. The van der Waals surface area contributed by atoms with Crippen LogP contribution in [0.5, 0.6) is 0 Å². The van der Waals surface area contributed by atoms with Crippen molar-refractivity contribution in [1.82, 2.24) is 10.4 Å². The quantitative estimate of drug-likeness (QED) is 0.665. The van der Waals surface area contributed by atoms with Gasteiger partial charge in [-0.25, -0.2) is 14.8 Å².